The first-order chi connectivity index (χ1) is 8.45. The number of hydrogen-bond donors (Lipinski definition) is 1. The van der Waals surface area contributed by atoms with E-state index in [0.717, 1.165) is 24.0 Å². The number of aliphatic hydroxyl groups excluding tert-OH is 1. The van der Waals surface area contributed by atoms with Gasteiger partial charge >= 0.3 is 0 Å². The summed E-state index contributed by atoms with van der Waals surface area (Å²) in [4.78, 5) is 0.334. The van der Waals surface area contributed by atoms with Crippen molar-refractivity contribution in [2.45, 2.75) is 37.6 Å². The predicted octanol–water partition coefficient (Wildman–Crippen LogP) is 1.45. The highest BCUT2D eigenvalue weighted by Crippen LogP contribution is 2.26. The second kappa shape index (κ2) is 4.99. The van der Waals surface area contributed by atoms with Gasteiger partial charge in [-0.15, -0.1) is 0 Å². The molecule has 1 atom stereocenters. The zero-order valence-electron chi connectivity index (χ0n) is 10.8. The minimum atomic E-state index is -3.47. The van der Waals surface area contributed by atoms with Crippen LogP contribution >= 0.6 is 0 Å². The summed E-state index contributed by atoms with van der Waals surface area (Å²) in [5.41, 5.74) is 1.88. The molecule has 4 nitrogen and oxygen atoms in total. The SMILES string of the molecule is Cc1cc(C)cc(S(=O)(=O)N2CCC[C@H]2CO)c1. The largest absolute Gasteiger partial charge is 0.395 e. The number of aryl methyl sites for hydroxylation is 2. The molecule has 1 fully saturated rings. The Morgan fingerprint density at radius 3 is 2.44 bits per heavy atom. The Balaban J connectivity index is 2.41. The molecule has 1 saturated heterocycles. The van der Waals surface area contributed by atoms with Gasteiger partial charge < -0.3 is 5.11 Å². The van der Waals surface area contributed by atoms with Gasteiger partial charge in [0.05, 0.1) is 11.5 Å². The fourth-order valence-electron chi connectivity index (χ4n) is 2.53. The highest BCUT2D eigenvalue weighted by atomic mass is 32.2. The molecule has 1 heterocycles. The maximum atomic E-state index is 12.5. The van der Waals surface area contributed by atoms with E-state index in [9.17, 15) is 13.5 Å². The van der Waals surface area contributed by atoms with Gasteiger partial charge in [0.1, 0.15) is 0 Å². The zero-order chi connectivity index (χ0) is 13.3. The normalized spacial score (nSPS) is 21.4. The highest BCUT2D eigenvalue weighted by molar-refractivity contribution is 7.89. The Morgan fingerprint density at radius 2 is 1.89 bits per heavy atom. The molecule has 1 aromatic rings. The smallest absolute Gasteiger partial charge is 0.243 e. The summed E-state index contributed by atoms with van der Waals surface area (Å²) in [6, 6.07) is 5.06. The Labute approximate surface area is 108 Å². The van der Waals surface area contributed by atoms with Gasteiger partial charge in [0.2, 0.25) is 10.0 Å². The van der Waals surface area contributed by atoms with Crippen LogP contribution in [-0.4, -0.2) is 37.0 Å². The van der Waals surface area contributed by atoms with Crippen molar-refractivity contribution in [2.24, 2.45) is 0 Å². The quantitative estimate of drug-likeness (QED) is 0.903. The van der Waals surface area contributed by atoms with Crippen molar-refractivity contribution in [1.82, 2.24) is 4.31 Å². The van der Waals surface area contributed by atoms with Gasteiger partial charge in [0, 0.05) is 12.6 Å². The van der Waals surface area contributed by atoms with E-state index in [1.165, 1.54) is 4.31 Å². The molecule has 2 rings (SSSR count). The van der Waals surface area contributed by atoms with E-state index >= 15 is 0 Å². The van der Waals surface area contributed by atoms with Gasteiger partial charge in [-0.3, -0.25) is 0 Å². The lowest BCUT2D eigenvalue weighted by molar-refractivity contribution is 0.213. The van der Waals surface area contributed by atoms with Gasteiger partial charge in [-0.25, -0.2) is 8.42 Å². The number of hydrogen-bond acceptors (Lipinski definition) is 3. The first-order valence-corrected chi connectivity index (χ1v) is 7.60. The van der Waals surface area contributed by atoms with E-state index in [1.54, 1.807) is 12.1 Å². The van der Waals surface area contributed by atoms with E-state index in [-0.39, 0.29) is 12.6 Å². The van der Waals surface area contributed by atoms with Gasteiger partial charge in [0.15, 0.2) is 0 Å². The number of sulfonamides is 1. The second-order valence-electron chi connectivity index (χ2n) is 4.92. The van der Waals surface area contributed by atoms with Crippen LogP contribution < -0.4 is 0 Å². The van der Waals surface area contributed by atoms with E-state index in [0.29, 0.717) is 11.4 Å². The maximum absolute atomic E-state index is 12.5. The molecule has 0 aliphatic carbocycles. The third kappa shape index (κ3) is 2.43. The van der Waals surface area contributed by atoms with Gasteiger partial charge in [0.25, 0.3) is 0 Å². The van der Waals surface area contributed by atoms with Crippen molar-refractivity contribution in [3.8, 4) is 0 Å². The average Bonchev–Trinajstić information content (AvgIpc) is 2.76. The van der Waals surface area contributed by atoms with E-state index in [1.807, 2.05) is 19.9 Å². The van der Waals surface area contributed by atoms with E-state index < -0.39 is 10.0 Å². The summed E-state index contributed by atoms with van der Waals surface area (Å²) in [5.74, 6) is 0. The van der Waals surface area contributed by atoms with Crippen LogP contribution in [0.4, 0.5) is 0 Å². The summed E-state index contributed by atoms with van der Waals surface area (Å²) in [5, 5.41) is 9.25. The molecule has 1 aliphatic heterocycles. The third-order valence-electron chi connectivity index (χ3n) is 3.34. The van der Waals surface area contributed by atoms with Crippen molar-refractivity contribution >= 4 is 10.0 Å². The molecule has 1 N–H and O–H groups in total. The molecule has 18 heavy (non-hydrogen) atoms. The summed E-state index contributed by atoms with van der Waals surface area (Å²) >= 11 is 0. The minimum absolute atomic E-state index is 0.107. The predicted molar refractivity (Wildman–Crippen MR) is 69.9 cm³/mol. The number of nitrogens with zero attached hydrogens (tertiary/aromatic N) is 1. The molecule has 1 aromatic carbocycles. The Morgan fingerprint density at radius 1 is 1.28 bits per heavy atom. The number of benzene rings is 1. The van der Waals surface area contributed by atoms with Crippen LogP contribution in [0.25, 0.3) is 0 Å². The van der Waals surface area contributed by atoms with Crippen molar-refractivity contribution in [2.75, 3.05) is 13.2 Å². The standard InChI is InChI=1S/C13H19NO3S/c1-10-6-11(2)8-13(7-10)18(16,17)14-5-3-4-12(14)9-15/h6-8,12,15H,3-5,9H2,1-2H3/t12-/m0/s1. The van der Waals surface area contributed by atoms with Crippen LogP contribution in [0.3, 0.4) is 0 Å². The Kier molecular flexibility index (Phi) is 3.75. The first-order valence-electron chi connectivity index (χ1n) is 6.16. The lowest BCUT2D eigenvalue weighted by Gasteiger charge is -2.22. The third-order valence-corrected chi connectivity index (χ3v) is 5.27. The van der Waals surface area contributed by atoms with Gasteiger partial charge in [-0.05, 0) is 49.9 Å². The molecule has 0 amide bonds. The van der Waals surface area contributed by atoms with Crippen LogP contribution in [0.15, 0.2) is 23.1 Å². The van der Waals surface area contributed by atoms with Crippen molar-refractivity contribution in [3.63, 3.8) is 0 Å². The first kappa shape index (κ1) is 13.5. The molecule has 0 radical (unpaired) electrons. The summed E-state index contributed by atoms with van der Waals surface area (Å²) in [6.07, 6.45) is 1.55. The second-order valence-corrected chi connectivity index (χ2v) is 6.81. The molecule has 0 aromatic heterocycles. The summed E-state index contributed by atoms with van der Waals surface area (Å²) in [6.45, 7) is 4.17. The van der Waals surface area contributed by atoms with Crippen LogP contribution in [0.1, 0.15) is 24.0 Å². The Hall–Kier alpha value is -0.910. The molecule has 0 spiro atoms. The molecular formula is C13H19NO3S. The summed E-state index contributed by atoms with van der Waals surface area (Å²) in [7, 11) is -3.47. The lowest BCUT2D eigenvalue weighted by atomic mass is 10.2. The fourth-order valence-corrected chi connectivity index (χ4v) is 4.40. The number of rotatable bonds is 3. The fraction of sp³-hybridized carbons (Fsp3) is 0.538. The zero-order valence-corrected chi connectivity index (χ0v) is 11.6. The molecule has 0 bridgehead atoms. The van der Waals surface area contributed by atoms with Crippen LogP contribution in [0.5, 0.6) is 0 Å². The molecule has 0 unspecified atom stereocenters. The van der Waals surface area contributed by atoms with Crippen LogP contribution in [-0.2, 0) is 10.0 Å². The minimum Gasteiger partial charge on any atom is -0.395 e. The molecule has 1 aliphatic rings. The van der Waals surface area contributed by atoms with Crippen LogP contribution in [0, 0.1) is 13.8 Å². The molecule has 0 saturated carbocycles. The van der Waals surface area contributed by atoms with Crippen LogP contribution in [0.2, 0.25) is 0 Å². The monoisotopic (exact) mass is 269 g/mol. The van der Waals surface area contributed by atoms with E-state index in [4.69, 9.17) is 0 Å². The molecule has 5 heteroatoms. The summed E-state index contributed by atoms with van der Waals surface area (Å²) < 4.78 is 26.5. The maximum Gasteiger partial charge on any atom is 0.243 e. The topological polar surface area (TPSA) is 57.6 Å². The van der Waals surface area contributed by atoms with Gasteiger partial charge in [-0.2, -0.15) is 4.31 Å². The molecular weight excluding hydrogens is 250 g/mol. The van der Waals surface area contributed by atoms with Crippen molar-refractivity contribution < 1.29 is 13.5 Å². The lowest BCUT2D eigenvalue weighted by Crippen LogP contribution is -2.37. The van der Waals surface area contributed by atoms with Crippen molar-refractivity contribution in [1.29, 1.82) is 0 Å². The average molecular weight is 269 g/mol. The highest BCUT2D eigenvalue weighted by Gasteiger charge is 2.34. The Bertz CT molecular complexity index is 519. The van der Waals surface area contributed by atoms with Gasteiger partial charge in [-0.1, -0.05) is 6.07 Å². The molecule has 100 valence electrons. The number of aliphatic hydroxyl groups is 1. The van der Waals surface area contributed by atoms with Crippen molar-refractivity contribution in [3.05, 3.63) is 29.3 Å². The van der Waals surface area contributed by atoms with E-state index in [2.05, 4.69) is 0 Å².